The molecule has 1 saturated heterocycles. The van der Waals surface area contributed by atoms with Crippen molar-refractivity contribution in [2.24, 2.45) is 5.41 Å². The first-order valence-corrected chi connectivity index (χ1v) is 14.3. The predicted molar refractivity (Wildman–Crippen MR) is 108 cm³/mol. The first-order chi connectivity index (χ1) is 12.9. The van der Waals surface area contributed by atoms with E-state index < -0.39 is 14.7 Å². The normalized spacial score (nSPS) is 28.3. The zero-order valence-electron chi connectivity index (χ0n) is 16.0. The van der Waals surface area contributed by atoms with E-state index in [0.717, 1.165) is 19.4 Å². The number of benzene rings is 1. The third kappa shape index (κ3) is 3.33. The molecule has 1 aliphatic heterocycles. The number of hydrogen-bond acceptors (Lipinski definition) is 2. The molecular formula is C22H26AsFN2O. The van der Waals surface area contributed by atoms with E-state index in [1.165, 1.54) is 30.7 Å². The summed E-state index contributed by atoms with van der Waals surface area (Å²) in [5, 5.41) is 0. The van der Waals surface area contributed by atoms with E-state index in [0.29, 0.717) is 16.4 Å². The Balaban J connectivity index is 1.54. The number of rotatable bonds is 3. The summed E-state index contributed by atoms with van der Waals surface area (Å²) >= 11 is -0.997. The Hall–Kier alpha value is -1.67. The van der Waals surface area contributed by atoms with Gasteiger partial charge < -0.3 is 0 Å². The summed E-state index contributed by atoms with van der Waals surface area (Å²) in [6, 6.07) is 14.0. The van der Waals surface area contributed by atoms with Crippen LogP contribution < -0.4 is 4.90 Å². The van der Waals surface area contributed by atoms with Crippen LogP contribution in [0, 0.1) is 11.2 Å². The van der Waals surface area contributed by atoms with Gasteiger partial charge in [0.05, 0.1) is 0 Å². The molecule has 1 spiro atoms. The van der Waals surface area contributed by atoms with Gasteiger partial charge in [0.15, 0.2) is 0 Å². The summed E-state index contributed by atoms with van der Waals surface area (Å²) in [5.74, 6) is 0.341. The summed E-state index contributed by atoms with van der Waals surface area (Å²) in [4.78, 5) is 18.6. The molecule has 1 aromatic heterocycles. The molecule has 1 aromatic carbocycles. The average molecular weight is 428 g/mol. The van der Waals surface area contributed by atoms with E-state index in [1.807, 2.05) is 0 Å². The zero-order chi connectivity index (χ0) is 19.1. The van der Waals surface area contributed by atoms with Crippen LogP contribution in [0.5, 0.6) is 0 Å². The number of nitrogens with zero attached hydrogens (tertiary/aromatic N) is 2. The fourth-order valence-corrected chi connectivity index (χ4v) is 8.65. The number of anilines is 1. The van der Waals surface area contributed by atoms with Gasteiger partial charge in [0.2, 0.25) is 0 Å². The molecule has 5 heteroatoms. The first kappa shape index (κ1) is 18.7. The molecule has 1 saturated carbocycles. The van der Waals surface area contributed by atoms with E-state index in [9.17, 15) is 9.18 Å². The quantitative estimate of drug-likeness (QED) is 0.662. The summed E-state index contributed by atoms with van der Waals surface area (Å²) in [6.07, 6.45) is 6.29. The number of hydrogen-bond donors (Lipinski definition) is 0. The van der Waals surface area contributed by atoms with E-state index in [2.05, 4.69) is 46.7 Å². The minimum absolute atomic E-state index is 0.0514. The van der Waals surface area contributed by atoms with Crippen LogP contribution in [0.3, 0.4) is 0 Å². The number of aromatic nitrogens is 1. The van der Waals surface area contributed by atoms with Crippen LogP contribution in [0.1, 0.15) is 37.7 Å². The van der Waals surface area contributed by atoms with Crippen LogP contribution >= 0.6 is 0 Å². The second kappa shape index (κ2) is 7.05. The van der Waals surface area contributed by atoms with Gasteiger partial charge in [0, 0.05) is 0 Å². The summed E-state index contributed by atoms with van der Waals surface area (Å²) in [5.41, 5.74) is 6.47. The van der Waals surface area contributed by atoms with Crippen molar-refractivity contribution in [1.82, 2.24) is 4.98 Å². The molecule has 0 unspecified atom stereocenters. The second-order valence-corrected chi connectivity index (χ2v) is 13.8. The van der Waals surface area contributed by atoms with Crippen molar-refractivity contribution in [2.45, 2.75) is 47.7 Å². The van der Waals surface area contributed by atoms with Gasteiger partial charge in [-0.2, -0.15) is 0 Å². The van der Waals surface area contributed by atoms with Gasteiger partial charge in [-0.1, -0.05) is 0 Å². The van der Waals surface area contributed by atoms with Gasteiger partial charge in [0.1, 0.15) is 0 Å². The van der Waals surface area contributed by atoms with Crippen LogP contribution in [-0.2, 0) is 9.00 Å². The van der Waals surface area contributed by atoms with Crippen molar-refractivity contribution in [3.05, 3.63) is 60.0 Å². The van der Waals surface area contributed by atoms with Crippen molar-refractivity contribution < 1.29 is 9.18 Å². The van der Waals surface area contributed by atoms with Gasteiger partial charge in [-0.15, -0.1) is 0 Å². The SMILES string of the molecule is C[As](C)[C@]1(c2ccccc2)CC[C@]2(CC1)CC(=O)N(c1ccc(F)cn1)C2. The number of pyridine rings is 1. The molecule has 2 aromatic rings. The third-order valence-electron chi connectivity index (χ3n) is 6.61. The maximum atomic E-state index is 13.2. The molecule has 0 radical (unpaired) electrons. The molecule has 0 bridgehead atoms. The van der Waals surface area contributed by atoms with Crippen LogP contribution in [0.2, 0.25) is 11.4 Å². The molecule has 2 aliphatic rings. The number of carbonyl (C=O) groups excluding carboxylic acids is 1. The Morgan fingerprint density at radius 2 is 1.74 bits per heavy atom. The van der Waals surface area contributed by atoms with Gasteiger partial charge >= 0.3 is 165 Å². The topological polar surface area (TPSA) is 33.2 Å². The Kier molecular flexibility index (Phi) is 4.88. The fourth-order valence-electron chi connectivity index (χ4n) is 4.90. The molecular weight excluding hydrogens is 402 g/mol. The van der Waals surface area contributed by atoms with Crippen LogP contribution in [-0.4, -0.2) is 32.1 Å². The molecule has 0 atom stereocenters. The average Bonchev–Trinajstić information content (AvgIpc) is 3.00. The summed E-state index contributed by atoms with van der Waals surface area (Å²) in [6.45, 7) is 0.718. The van der Waals surface area contributed by atoms with Crippen LogP contribution in [0.25, 0.3) is 0 Å². The van der Waals surface area contributed by atoms with Gasteiger partial charge in [0.25, 0.3) is 0 Å². The second-order valence-electron chi connectivity index (χ2n) is 8.28. The van der Waals surface area contributed by atoms with E-state index in [1.54, 1.807) is 11.0 Å². The Bertz CT molecular complexity index is 814. The molecule has 3 nitrogen and oxygen atoms in total. The van der Waals surface area contributed by atoms with Crippen molar-refractivity contribution in [2.75, 3.05) is 11.4 Å². The van der Waals surface area contributed by atoms with Crippen molar-refractivity contribution in [3.63, 3.8) is 0 Å². The van der Waals surface area contributed by atoms with E-state index >= 15 is 0 Å². The molecule has 27 heavy (non-hydrogen) atoms. The van der Waals surface area contributed by atoms with Gasteiger partial charge in [-0.25, -0.2) is 0 Å². The van der Waals surface area contributed by atoms with Crippen molar-refractivity contribution >= 4 is 26.4 Å². The molecule has 1 amide bonds. The Morgan fingerprint density at radius 1 is 1.04 bits per heavy atom. The predicted octanol–water partition coefficient (Wildman–Crippen LogP) is 4.75. The van der Waals surface area contributed by atoms with E-state index in [4.69, 9.17) is 0 Å². The first-order valence-electron chi connectivity index (χ1n) is 9.59. The van der Waals surface area contributed by atoms with Crippen LogP contribution in [0.4, 0.5) is 10.2 Å². The molecule has 0 N–H and O–H groups in total. The Labute approximate surface area is 165 Å². The fraction of sp³-hybridized carbons (Fsp3) is 0.455. The van der Waals surface area contributed by atoms with Crippen molar-refractivity contribution in [1.29, 1.82) is 0 Å². The van der Waals surface area contributed by atoms with E-state index in [-0.39, 0.29) is 17.1 Å². The maximum absolute atomic E-state index is 13.2. The standard InChI is InChI=1S/C22H26AsFN2O/c1-23(2)22(17-6-4-3-5-7-17)12-10-21(11-13-22)14-20(27)26(16-21)19-9-8-18(24)15-25-19/h3-9,15H,10-14,16H2,1-2H3/t21-,22+. The van der Waals surface area contributed by atoms with Gasteiger partial charge in [-0.3, -0.25) is 0 Å². The Morgan fingerprint density at radius 3 is 2.33 bits per heavy atom. The van der Waals surface area contributed by atoms with Gasteiger partial charge in [-0.05, 0) is 0 Å². The molecule has 2 fully saturated rings. The number of halogens is 1. The minimum atomic E-state index is -0.997. The molecule has 4 rings (SSSR count). The molecule has 142 valence electrons. The molecule has 1 aliphatic carbocycles. The number of amides is 1. The number of carbonyl (C=O) groups is 1. The van der Waals surface area contributed by atoms with Crippen LogP contribution in [0.15, 0.2) is 48.7 Å². The summed E-state index contributed by atoms with van der Waals surface area (Å²) in [7, 11) is 0. The third-order valence-corrected chi connectivity index (χ3v) is 11.7. The monoisotopic (exact) mass is 428 g/mol. The summed E-state index contributed by atoms with van der Waals surface area (Å²) < 4.78 is 13.5. The zero-order valence-corrected chi connectivity index (χ0v) is 17.9. The molecule has 2 heterocycles. The van der Waals surface area contributed by atoms with Crippen molar-refractivity contribution in [3.8, 4) is 0 Å².